The van der Waals surface area contributed by atoms with Gasteiger partial charge in [-0.3, -0.25) is 9.80 Å². The fourth-order valence-electron chi connectivity index (χ4n) is 2.76. The summed E-state index contributed by atoms with van der Waals surface area (Å²) in [5, 5.41) is 9.58. The summed E-state index contributed by atoms with van der Waals surface area (Å²) < 4.78 is 0. The van der Waals surface area contributed by atoms with E-state index >= 15 is 0 Å². The normalized spacial score (nSPS) is 28.2. The molecule has 0 saturated carbocycles. The van der Waals surface area contributed by atoms with Gasteiger partial charge < -0.3 is 5.11 Å². The van der Waals surface area contributed by atoms with Gasteiger partial charge in [0.1, 0.15) is 5.75 Å². The highest BCUT2D eigenvalue weighted by atomic mass is 16.3. The van der Waals surface area contributed by atoms with Crippen molar-refractivity contribution in [3.8, 4) is 5.75 Å². The Morgan fingerprint density at radius 1 is 1.22 bits per heavy atom. The van der Waals surface area contributed by atoms with E-state index in [0.29, 0.717) is 23.9 Å². The minimum atomic E-state index is 0.356. The second-order valence-electron chi connectivity index (χ2n) is 5.59. The summed E-state index contributed by atoms with van der Waals surface area (Å²) in [6, 6.07) is 9.13. The minimum absolute atomic E-state index is 0.356. The summed E-state index contributed by atoms with van der Waals surface area (Å²) in [5.41, 5.74) is 1.19. The van der Waals surface area contributed by atoms with Crippen LogP contribution in [0.4, 0.5) is 0 Å². The molecule has 1 N–H and O–H groups in total. The number of rotatable bonds is 2. The minimum Gasteiger partial charge on any atom is -0.508 e. The molecule has 3 unspecified atom stereocenters. The Balaban J connectivity index is 2.12. The molecule has 1 aliphatic heterocycles. The van der Waals surface area contributed by atoms with Crippen LogP contribution in [0.1, 0.15) is 32.4 Å². The van der Waals surface area contributed by atoms with Gasteiger partial charge >= 0.3 is 0 Å². The van der Waals surface area contributed by atoms with Crippen molar-refractivity contribution < 1.29 is 5.11 Å². The number of likely N-dealkylation sites (N-methyl/N-ethyl adjacent to an activating group) is 1. The molecule has 0 aliphatic carbocycles. The second kappa shape index (κ2) is 5.29. The van der Waals surface area contributed by atoms with Gasteiger partial charge in [-0.15, -0.1) is 0 Å². The highest BCUT2D eigenvalue weighted by Crippen LogP contribution is 2.26. The van der Waals surface area contributed by atoms with Gasteiger partial charge in [-0.25, -0.2) is 0 Å². The number of hydrogen-bond acceptors (Lipinski definition) is 3. The van der Waals surface area contributed by atoms with Crippen LogP contribution in [0.5, 0.6) is 5.75 Å². The van der Waals surface area contributed by atoms with Gasteiger partial charge in [0, 0.05) is 31.2 Å². The Kier molecular flexibility index (Phi) is 3.93. The zero-order chi connectivity index (χ0) is 13.3. The predicted molar refractivity (Wildman–Crippen MR) is 74.8 cm³/mol. The third kappa shape index (κ3) is 2.68. The molecule has 1 saturated heterocycles. The largest absolute Gasteiger partial charge is 0.508 e. The Labute approximate surface area is 110 Å². The molecule has 0 radical (unpaired) electrons. The SMILES string of the molecule is CC(c1cccc(O)c1)N1CC(C)N(C)C(C)C1. The molecule has 0 bridgehead atoms. The Bertz CT molecular complexity index is 395. The third-order valence-corrected chi connectivity index (χ3v) is 4.29. The van der Waals surface area contributed by atoms with Gasteiger partial charge in [-0.1, -0.05) is 12.1 Å². The number of phenols is 1. The first kappa shape index (κ1) is 13.4. The van der Waals surface area contributed by atoms with Gasteiger partial charge in [0.25, 0.3) is 0 Å². The van der Waals surface area contributed by atoms with E-state index in [9.17, 15) is 5.11 Å². The van der Waals surface area contributed by atoms with Gasteiger partial charge in [-0.2, -0.15) is 0 Å². The summed E-state index contributed by atoms with van der Waals surface area (Å²) >= 11 is 0. The molecule has 1 aliphatic rings. The van der Waals surface area contributed by atoms with Crippen molar-refractivity contribution >= 4 is 0 Å². The Morgan fingerprint density at radius 3 is 2.39 bits per heavy atom. The molecule has 0 spiro atoms. The molecule has 18 heavy (non-hydrogen) atoms. The second-order valence-corrected chi connectivity index (χ2v) is 5.59. The van der Waals surface area contributed by atoms with Crippen LogP contribution in [0, 0.1) is 0 Å². The molecule has 3 nitrogen and oxygen atoms in total. The Hall–Kier alpha value is -1.06. The van der Waals surface area contributed by atoms with E-state index in [1.165, 1.54) is 5.56 Å². The number of phenolic OH excluding ortho intramolecular Hbond substituents is 1. The van der Waals surface area contributed by atoms with Crippen LogP contribution < -0.4 is 0 Å². The molecule has 1 fully saturated rings. The third-order valence-electron chi connectivity index (χ3n) is 4.29. The molecule has 100 valence electrons. The molecular weight excluding hydrogens is 224 g/mol. The van der Waals surface area contributed by atoms with E-state index in [-0.39, 0.29) is 0 Å². The van der Waals surface area contributed by atoms with Gasteiger partial charge in [0.05, 0.1) is 0 Å². The lowest BCUT2D eigenvalue weighted by molar-refractivity contribution is 0.0376. The molecule has 1 aromatic rings. The zero-order valence-electron chi connectivity index (χ0n) is 11.8. The van der Waals surface area contributed by atoms with Crippen molar-refractivity contribution in [3.05, 3.63) is 29.8 Å². The molecule has 0 aromatic heterocycles. The average molecular weight is 248 g/mol. The van der Waals surface area contributed by atoms with Crippen LogP contribution in [0.2, 0.25) is 0 Å². The first-order chi connectivity index (χ1) is 8.49. The summed E-state index contributed by atoms with van der Waals surface area (Å²) in [7, 11) is 2.20. The standard InChI is InChI=1S/C15H24N2O/c1-11-9-17(10-12(2)16(11)4)13(3)14-6-5-7-15(18)8-14/h5-8,11-13,18H,9-10H2,1-4H3. The lowest BCUT2D eigenvalue weighted by Gasteiger charge is -2.45. The van der Waals surface area contributed by atoms with Gasteiger partial charge in [0.2, 0.25) is 0 Å². The number of piperazine rings is 1. The van der Waals surface area contributed by atoms with Crippen LogP contribution in [-0.4, -0.2) is 47.1 Å². The van der Waals surface area contributed by atoms with Crippen LogP contribution in [0.25, 0.3) is 0 Å². The van der Waals surface area contributed by atoms with Gasteiger partial charge in [-0.05, 0) is 45.5 Å². The summed E-state index contributed by atoms with van der Waals surface area (Å²) in [5.74, 6) is 0.356. The summed E-state index contributed by atoms with van der Waals surface area (Å²) in [4.78, 5) is 4.94. The van der Waals surface area contributed by atoms with E-state index < -0.39 is 0 Å². The highest BCUT2D eigenvalue weighted by molar-refractivity contribution is 5.29. The average Bonchev–Trinajstić information content (AvgIpc) is 2.34. The maximum Gasteiger partial charge on any atom is 0.115 e. The molecule has 3 atom stereocenters. The fraction of sp³-hybridized carbons (Fsp3) is 0.600. The first-order valence-corrected chi connectivity index (χ1v) is 6.74. The predicted octanol–water partition coefficient (Wildman–Crippen LogP) is 2.48. The lowest BCUT2D eigenvalue weighted by Crippen LogP contribution is -2.55. The van der Waals surface area contributed by atoms with E-state index in [4.69, 9.17) is 0 Å². The monoisotopic (exact) mass is 248 g/mol. The maximum absolute atomic E-state index is 9.58. The fourth-order valence-corrected chi connectivity index (χ4v) is 2.76. The van der Waals surface area contributed by atoms with Crippen molar-refractivity contribution in [2.45, 2.75) is 38.9 Å². The quantitative estimate of drug-likeness (QED) is 0.871. The topological polar surface area (TPSA) is 26.7 Å². The van der Waals surface area contributed by atoms with Crippen LogP contribution in [-0.2, 0) is 0 Å². The van der Waals surface area contributed by atoms with Crippen molar-refractivity contribution in [2.75, 3.05) is 20.1 Å². The van der Waals surface area contributed by atoms with Crippen molar-refractivity contribution in [2.24, 2.45) is 0 Å². The van der Waals surface area contributed by atoms with Crippen molar-refractivity contribution in [1.82, 2.24) is 9.80 Å². The number of aromatic hydroxyl groups is 1. The lowest BCUT2D eigenvalue weighted by atomic mass is 10.0. The van der Waals surface area contributed by atoms with Crippen LogP contribution in [0.3, 0.4) is 0 Å². The molecule has 2 rings (SSSR count). The van der Waals surface area contributed by atoms with E-state index in [2.05, 4.69) is 43.7 Å². The van der Waals surface area contributed by atoms with Crippen molar-refractivity contribution in [3.63, 3.8) is 0 Å². The van der Waals surface area contributed by atoms with E-state index in [1.54, 1.807) is 6.07 Å². The molecule has 0 amide bonds. The molecular formula is C15H24N2O. The number of hydrogen-bond donors (Lipinski definition) is 1. The van der Waals surface area contributed by atoms with E-state index in [0.717, 1.165) is 13.1 Å². The van der Waals surface area contributed by atoms with E-state index in [1.807, 2.05) is 12.1 Å². The molecule has 1 heterocycles. The van der Waals surface area contributed by atoms with Crippen molar-refractivity contribution in [1.29, 1.82) is 0 Å². The van der Waals surface area contributed by atoms with Crippen LogP contribution in [0.15, 0.2) is 24.3 Å². The Morgan fingerprint density at radius 2 is 1.83 bits per heavy atom. The number of nitrogens with zero attached hydrogens (tertiary/aromatic N) is 2. The first-order valence-electron chi connectivity index (χ1n) is 6.74. The molecule has 1 aromatic carbocycles. The van der Waals surface area contributed by atoms with Gasteiger partial charge in [0.15, 0.2) is 0 Å². The highest BCUT2D eigenvalue weighted by Gasteiger charge is 2.29. The summed E-state index contributed by atoms with van der Waals surface area (Å²) in [6.07, 6.45) is 0. The maximum atomic E-state index is 9.58. The smallest absolute Gasteiger partial charge is 0.115 e. The molecule has 3 heteroatoms. The van der Waals surface area contributed by atoms with Crippen LogP contribution >= 0.6 is 0 Å². The number of benzene rings is 1. The summed E-state index contributed by atoms with van der Waals surface area (Å²) in [6.45, 7) is 8.94. The zero-order valence-corrected chi connectivity index (χ0v) is 11.8.